The van der Waals surface area contributed by atoms with Crippen LogP contribution in [-0.4, -0.2) is 32.7 Å². The van der Waals surface area contributed by atoms with Crippen molar-refractivity contribution in [2.45, 2.75) is 39.3 Å². The summed E-state index contributed by atoms with van der Waals surface area (Å²) in [6.45, 7) is 5.43. The Labute approximate surface area is 131 Å². The van der Waals surface area contributed by atoms with Gasteiger partial charge in [0.1, 0.15) is 6.04 Å². The van der Waals surface area contributed by atoms with Crippen LogP contribution < -0.4 is 9.62 Å². The highest BCUT2D eigenvalue weighted by Gasteiger charge is 2.31. The minimum Gasteiger partial charge on any atom is -0.352 e. The van der Waals surface area contributed by atoms with Crippen LogP contribution in [0.4, 0.5) is 5.69 Å². The smallest absolute Gasteiger partial charge is 0.244 e. The van der Waals surface area contributed by atoms with Crippen molar-refractivity contribution in [2.24, 2.45) is 0 Å². The van der Waals surface area contributed by atoms with Gasteiger partial charge in [-0.3, -0.25) is 9.10 Å². The molecule has 0 aliphatic carbocycles. The third-order valence-corrected chi connectivity index (χ3v) is 4.24. The number of hydrogen-bond donors (Lipinski definition) is 1. The van der Waals surface area contributed by atoms with Crippen LogP contribution in [0.3, 0.4) is 0 Å². The van der Waals surface area contributed by atoms with Gasteiger partial charge in [-0.1, -0.05) is 24.6 Å². The number of sulfonamides is 1. The van der Waals surface area contributed by atoms with Crippen molar-refractivity contribution in [2.75, 3.05) is 10.6 Å². The number of hydrogen-bond acceptors (Lipinski definition) is 3. The minimum atomic E-state index is -3.61. The number of benzene rings is 1. The van der Waals surface area contributed by atoms with Crippen molar-refractivity contribution < 1.29 is 13.2 Å². The van der Waals surface area contributed by atoms with E-state index in [1.807, 2.05) is 13.8 Å². The summed E-state index contributed by atoms with van der Waals surface area (Å²) in [5.74, 6) is -0.321. The minimum absolute atomic E-state index is 0.0627. The molecule has 0 fully saturated rings. The molecule has 0 saturated carbocycles. The molecule has 1 aromatic rings. The Morgan fingerprint density at radius 1 is 1.38 bits per heavy atom. The predicted molar refractivity (Wildman–Crippen MR) is 86.1 cm³/mol. The maximum Gasteiger partial charge on any atom is 0.244 e. The van der Waals surface area contributed by atoms with Crippen LogP contribution >= 0.6 is 11.6 Å². The van der Waals surface area contributed by atoms with E-state index in [-0.39, 0.29) is 11.9 Å². The lowest BCUT2D eigenvalue weighted by molar-refractivity contribution is -0.122. The topological polar surface area (TPSA) is 66.5 Å². The Bertz CT molecular complexity index is 602. The van der Waals surface area contributed by atoms with Gasteiger partial charge in [-0.15, -0.1) is 0 Å². The van der Waals surface area contributed by atoms with E-state index in [0.29, 0.717) is 17.1 Å². The molecular weight excluding hydrogens is 312 g/mol. The normalized spacial score (nSPS) is 13.0. The zero-order valence-electron chi connectivity index (χ0n) is 12.6. The van der Waals surface area contributed by atoms with E-state index in [1.165, 1.54) is 6.07 Å². The lowest BCUT2D eigenvalue weighted by atomic mass is 10.2. The Morgan fingerprint density at radius 3 is 2.43 bits per heavy atom. The number of amides is 1. The number of carbonyl (C=O) groups is 1. The molecule has 0 bridgehead atoms. The van der Waals surface area contributed by atoms with Gasteiger partial charge in [0.15, 0.2) is 0 Å². The van der Waals surface area contributed by atoms with Gasteiger partial charge in [-0.05, 0) is 38.5 Å². The highest BCUT2D eigenvalue weighted by atomic mass is 35.5. The lowest BCUT2D eigenvalue weighted by Crippen LogP contribution is -2.50. The van der Waals surface area contributed by atoms with Crippen LogP contribution in [0.15, 0.2) is 24.3 Å². The number of nitrogens with zero attached hydrogens (tertiary/aromatic N) is 1. The van der Waals surface area contributed by atoms with Crippen molar-refractivity contribution in [3.8, 4) is 0 Å². The van der Waals surface area contributed by atoms with E-state index in [0.717, 1.165) is 10.6 Å². The molecular formula is C14H21ClN2O3S. The van der Waals surface area contributed by atoms with Crippen molar-refractivity contribution in [3.63, 3.8) is 0 Å². The highest BCUT2D eigenvalue weighted by molar-refractivity contribution is 7.92. The Hall–Kier alpha value is -1.27. The lowest BCUT2D eigenvalue weighted by Gasteiger charge is -2.30. The zero-order valence-corrected chi connectivity index (χ0v) is 14.2. The fourth-order valence-electron chi connectivity index (χ4n) is 2.05. The molecule has 1 atom stereocenters. The van der Waals surface area contributed by atoms with Gasteiger partial charge in [0.25, 0.3) is 0 Å². The molecule has 118 valence electrons. The molecule has 0 aromatic heterocycles. The molecule has 0 heterocycles. The van der Waals surface area contributed by atoms with Gasteiger partial charge in [0, 0.05) is 11.1 Å². The van der Waals surface area contributed by atoms with Gasteiger partial charge < -0.3 is 5.32 Å². The molecule has 1 amide bonds. The molecule has 0 radical (unpaired) electrons. The number of rotatable bonds is 6. The SMILES string of the molecule is CCC(C(=O)NC(C)C)N(c1cccc(Cl)c1)S(C)(=O)=O. The molecule has 5 nitrogen and oxygen atoms in total. The van der Waals surface area contributed by atoms with Crippen LogP contribution in [0, 0.1) is 0 Å². The Morgan fingerprint density at radius 2 is 2.00 bits per heavy atom. The van der Waals surface area contributed by atoms with Gasteiger partial charge in [0.2, 0.25) is 15.9 Å². The Balaban J connectivity index is 3.27. The third-order valence-electron chi connectivity index (χ3n) is 2.82. The van der Waals surface area contributed by atoms with E-state index >= 15 is 0 Å². The first-order valence-corrected chi connectivity index (χ1v) is 8.94. The average Bonchev–Trinajstić information content (AvgIpc) is 2.32. The van der Waals surface area contributed by atoms with Crippen molar-refractivity contribution >= 4 is 33.2 Å². The van der Waals surface area contributed by atoms with Gasteiger partial charge >= 0.3 is 0 Å². The number of halogens is 1. The Kier molecular flexibility index (Phi) is 6.04. The molecule has 7 heteroatoms. The second kappa shape index (κ2) is 7.13. The molecule has 1 rings (SSSR count). The summed E-state index contributed by atoms with van der Waals surface area (Å²) in [6.07, 6.45) is 1.44. The summed E-state index contributed by atoms with van der Waals surface area (Å²) >= 11 is 5.93. The van der Waals surface area contributed by atoms with E-state index in [2.05, 4.69) is 5.32 Å². The number of carbonyl (C=O) groups excluding carboxylic acids is 1. The van der Waals surface area contributed by atoms with Gasteiger partial charge in [-0.2, -0.15) is 0 Å². The molecule has 21 heavy (non-hydrogen) atoms. The molecule has 1 aromatic carbocycles. The van der Waals surface area contributed by atoms with Crippen LogP contribution in [-0.2, 0) is 14.8 Å². The largest absolute Gasteiger partial charge is 0.352 e. The second-order valence-electron chi connectivity index (χ2n) is 5.13. The molecule has 1 N–H and O–H groups in total. The third kappa shape index (κ3) is 4.89. The maximum absolute atomic E-state index is 12.3. The fraction of sp³-hybridized carbons (Fsp3) is 0.500. The van der Waals surface area contributed by atoms with E-state index in [4.69, 9.17) is 11.6 Å². The zero-order chi connectivity index (χ0) is 16.2. The second-order valence-corrected chi connectivity index (χ2v) is 7.42. The summed E-state index contributed by atoms with van der Waals surface area (Å²) in [6, 6.07) is 5.60. The van der Waals surface area contributed by atoms with Crippen molar-refractivity contribution in [1.82, 2.24) is 5.32 Å². The van der Waals surface area contributed by atoms with Gasteiger partial charge in [-0.25, -0.2) is 8.42 Å². The monoisotopic (exact) mass is 332 g/mol. The van der Waals surface area contributed by atoms with Gasteiger partial charge in [0.05, 0.1) is 11.9 Å². The first kappa shape index (κ1) is 17.8. The standard InChI is InChI=1S/C14H21ClN2O3S/c1-5-13(14(18)16-10(2)3)17(21(4,19)20)12-8-6-7-11(15)9-12/h6-10,13H,5H2,1-4H3,(H,16,18). The van der Waals surface area contributed by atoms with E-state index < -0.39 is 16.1 Å². The van der Waals surface area contributed by atoms with Crippen molar-refractivity contribution in [1.29, 1.82) is 0 Å². The van der Waals surface area contributed by atoms with E-state index in [9.17, 15) is 13.2 Å². The molecule has 0 saturated heterocycles. The van der Waals surface area contributed by atoms with E-state index in [1.54, 1.807) is 25.1 Å². The summed E-state index contributed by atoms with van der Waals surface area (Å²) in [5.41, 5.74) is 0.385. The van der Waals surface area contributed by atoms with Crippen LogP contribution in [0.5, 0.6) is 0 Å². The first-order valence-electron chi connectivity index (χ1n) is 6.72. The van der Waals surface area contributed by atoms with Crippen LogP contribution in [0.25, 0.3) is 0 Å². The average molecular weight is 333 g/mol. The number of nitrogens with one attached hydrogen (secondary N) is 1. The van der Waals surface area contributed by atoms with Crippen LogP contribution in [0.1, 0.15) is 27.2 Å². The number of anilines is 1. The summed E-state index contributed by atoms with van der Waals surface area (Å²) in [7, 11) is -3.61. The molecule has 1 unspecified atom stereocenters. The van der Waals surface area contributed by atoms with Crippen LogP contribution in [0.2, 0.25) is 5.02 Å². The molecule has 0 spiro atoms. The fourth-order valence-corrected chi connectivity index (χ4v) is 3.44. The predicted octanol–water partition coefficient (Wildman–Crippen LogP) is 2.41. The molecule has 0 aliphatic rings. The quantitative estimate of drug-likeness (QED) is 0.870. The summed E-state index contributed by atoms with van der Waals surface area (Å²) < 4.78 is 25.4. The summed E-state index contributed by atoms with van der Waals surface area (Å²) in [4.78, 5) is 12.3. The maximum atomic E-state index is 12.3. The molecule has 0 aliphatic heterocycles. The van der Waals surface area contributed by atoms with Crippen molar-refractivity contribution in [3.05, 3.63) is 29.3 Å². The summed E-state index contributed by atoms with van der Waals surface area (Å²) in [5, 5.41) is 3.17. The highest BCUT2D eigenvalue weighted by Crippen LogP contribution is 2.25. The first-order chi connectivity index (χ1) is 9.66.